The highest BCUT2D eigenvalue weighted by molar-refractivity contribution is 5.30. The molecule has 3 rings (SSSR count). The van der Waals surface area contributed by atoms with Gasteiger partial charge in [-0.15, -0.1) is 0 Å². The highest BCUT2D eigenvalue weighted by Crippen LogP contribution is 2.29. The number of piperidine rings is 1. The van der Waals surface area contributed by atoms with Gasteiger partial charge in [0.2, 0.25) is 0 Å². The maximum atomic E-state index is 5.28. The van der Waals surface area contributed by atoms with Crippen LogP contribution in [0.4, 0.5) is 0 Å². The molecule has 3 nitrogen and oxygen atoms in total. The van der Waals surface area contributed by atoms with Gasteiger partial charge in [0.25, 0.3) is 0 Å². The molecule has 1 N–H and O–H groups in total. The number of benzene rings is 1. The molecular weight excluding hydrogens is 272 g/mol. The van der Waals surface area contributed by atoms with Crippen LogP contribution in [-0.2, 0) is 0 Å². The van der Waals surface area contributed by atoms with Crippen LogP contribution in [0, 0.1) is 0 Å². The normalized spacial score (nSPS) is 27.7. The van der Waals surface area contributed by atoms with E-state index >= 15 is 0 Å². The molecule has 0 bridgehead atoms. The molecule has 0 amide bonds. The van der Waals surface area contributed by atoms with Crippen LogP contribution in [0.3, 0.4) is 0 Å². The van der Waals surface area contributed by atoms with Gasteiger partial charge in [-0.3, -0.25) is 0 Å². The van der Waals surface area contributed by atoms with Crippen LogP contribution in [0.25, 0.3) is 0 Å². The number of likely N-dealkylation sites (tertiary alicyclic amines) is 1. The number of ether oxygens (including phenoxy) is 1. The van der Waals surface area contributed by atoms with Crippen molar-refractivity contribution in [1.29, 1.82) is 0 Å². The van der Waals surface area contributed by atoms with Crippen LogP contribution < -0.4 is 10.1 Å². The zero-order valence-electron chi connectivity index (χ0n) is 14.1. The van der Waals surface area contributed by atoms with Crippen LogP contribution in [-0.4, -0.2) is 44.2 Å². The van der Waals surface area contributed by atoms with Crippen LogP contribution in [0.15, 0.2) is 24.3 Å². The summed E-state index contributed by atoms with van der Waals surface area (Å²) in [7, 11) is 3.98. The summed E-state index contributed by atoms with van der Waals surface area (Å²) in [6, 6.07) is 10.0. The van der Waals surface area contributed by atoms with Gasteiger partial charge >= 0.3 is 0 Å². The Balaban J connectivity index is 1.61. The summed E-state index contributed by atoms with van der Waals surface area (Å²) in [5.41, 5.74) is 1.45. The first kappa shape index (κ1) is 15.8. The van der Waals surface area contributed by atoms with Crippen LogP contribution in [0.5, 0.6) is 5.75 Å². The van der Waals surface area contributed by atoms with Gasteiger partial charge in [0.05, 0.1) is 7.11 Å². The maximum Gasteiger partial charge on any atom is 0.118 e. The number of nitrogens with one attached hydrogen (secondary N) is 1. The van der Waals surface area contributed by atoms with E-state index in [0.29, 0.717) is 12.0 Å². The van der Waals surface area contributed by atoms with Gasteiger partial charge in [-0.2, -0.15) is 0 Å². The second-order valence-corrected chi connectivity index (χ2v) is 7.13. The minimum absolute atomic E-state index is 0.630. The van der Waals surface area contributed by atoms with Gasteiger partial charge in [0.15, 0.2) is 0 Å². The smallest absolute Gasteiger partial charge is 0.118 e. The van der Waals surface area contributed by atoms with Crippen LogP contribution >= 0.6 is 0 Å². The van der Waals surface area contributed by atoms with E-state index < -0.39 is 0 Å². The second kappa shape index (κ2) is 7.47. The van der Waals surface area contributed by atoms with Crippen molar-refractivity contribution in [3.63, 3.8) is 0 Å². The lowest BCUT2D eigenvalue weighted by Crippen LogP contribution is -2.50. The number of hydrogen-bond acceptors (Lipinski definition) is 3. The zero-order chi connectivity index (χ0) is 15.4. The van der Waals surface area contributed by atoms with Crippen LogP contribution in [0.1, 0.15) is 50.0 Å². The largest absolute Gasteiger partial charge is 0.497 e. The molecule has 2 aliphatic rings. The number of likely N-dealkylation sites (N-methyl/N-ethyl adjacent to an activating group) is 1. The lowest BCUT2D eigenvalue weighted by molar-refractivity contribution is 0.186. The third-order valence-electron chi connectivity index (χ3n) is 5.30. The number of methoxy groups -OCH3 is 1. The molecule has 1 aliphatic carbocycles. The molecule has 1 aliphatic heterocycles. The molecule has 122 valence electrons. The summed E-state index contributed by atoms with van der Waals surface area (Å²) in [6.07, 6.45) is 8.23. The van der Waals surface area contributed by atoms with E-state index in [9.17, 15) is 0 Å². The first-order valence-electron chi connectivity index (χ1n) is 8.83. The molecule has 1 aromatic carbocycles. The summed E-state index contributed by atoms with van der Waals surface area (Å²) in [5, 5.41) is 3.94. The van der Waals surface area contributed by atoms with Crippen molar-refractivity contribution in [2.24, 2.45) is 0 Å². The van der Waals surface area contributed by atoms with Crippen molar-refractivity contribution in [1.82, 2.24) is 10.2 Å². The molecule has 2 fully saturated rings. The summed E-state index contributed by atoms with van der Waals surface area (Å²) < 4.78 is 5.28. The van der Waals surface area contributed by atoms with E-state index in [1.807, 2.05) is 0 Å². The SMILES string of the molecule is COc1ccc(C2CC(NC3CCCCC3)CN(C)C2)cc1. The minimum Gasteiger partial charge on any atom is -0.497 e. The Morgan fingerprint density at radius 1 is 1.00 bits per heavy atom. The predicted molar refractivity (Wildman–Crippen MR) is 91.6 cm³/mol. The fourth-order valence-corrected chi connectivity index (χ4v) is 4.16. The first-order chi connectivity index (χ1) is 10.7. The van der Waals surface area contributed by atoms with Gasteiger partial charge in [-0.05, 0) is 49.9 Å². The quantitative estimate of drug-likeness (QED) is 0.922. The molecule has 3 heteroatoms. The summed E-state index contributed by atoms with van der Waals surface area (Å²) in [6.45, 7) is 2.35. The summed E-state index contributed by atoms with van der Waals surface area (Å²) in [4.78, 5) is 2.49. The third kappa shape index (κ3) is 4.02. The van der Waals surface area contributed by atoms with Gasteiger partial charge in [0, 0.05) is 25.2 Å². The second-order valence-electron chi connectivity index (χ2n) is 7.13. The number of hydrogen-bond donors (Lipinski definition) is 1. The molecule has 0 radical (unpaired) electrons. The van der Waals surface area contributed by atoms with E-state index in [1.165, 1.54) is 50.6 Å². The van der Waals surface area contributed by atoms with E-state index in [4.69, 9.17) is 4.74 Å². The molecule has 22 heavy (non-hydrogen) atoms. The zero-order valence-corrected chi connectivity index (χ0v) is 14.1. The molecular formula is C19H30N2O. The van der Waals surface area contributed by atoms with Crippen molar-refractivity contribution < 1.29 is 4.74 Å². The van der Waals surface area contributed by atoms with Gasteiger partial charge in [-0.1, -0.05) is 31.4 Å². The Bertz CT molecular complexity index is 453. The average molecular weight is 302 g/mol. The maximum absolute atomic E-state index is 5.28. The topological polar surface area (TPSA) is 24.5 Å². The van der Waals surface area contributed by atoms with E-state index in [0.717, 1.165) is 18.3 Å². The average Bonchev–Trinajstić information content (AvgIpc) is 2.55. The molecule has 1 saturated carbocycles. The fourth-order valence-electron chi connectivity index (χ4n) is 4.16. The highest BCUT2D eigenvalue weighted by atomic mass is 16.5. The molecule has 1 heterocycles. The number of nitrogens with zero attached hydrogens (tertiary/aromatic N) is 1. The lowest BCUT2D eigenvalue weighted by atomic mass is 9.87. The number of rotatable bonds is 4. The predicted octanol–water partition coefficient (Wildman–Crippen LogP) is 3.41. The Hall–Kier alpha value is -1.06. The van der Waals surface area contributed by atoms with Crippen molar-refractivity contribution in [3.8, 4) is 5.75 Å². The van der Waals surface area contributed by atoms with Crippen molar-refractivity contribution >= 4 is 0 Å². The molecule has 1 aromatic rings. The summed E-state index contributed by atoms with van der Waals surface area (Å²) in [5.74, 6) is 1.58. The lowest BCUT2D eigenvalue weighted by Gasteiger charge is -2.39. The molecule has 0 aromatic heterocycles. The van der Waals surface area contributed by atoms with Gasteiger partial charge < -0.3 is 15.0 Å². The fraction of sp³-hybridized carbons (Fsp3) is 0.684. The summed E-state index contributed by atoms with van der Waals surface area (Å²) >= 11 is 0. The monoisotopic (exact) mass is 302 g/mol. The Morgan fingerprint density at radius 2 is 1.73 bits per heavy atom. The van der Waals surface area contributed by atoms with Crippen molar-refractivity contribution in [3.05, 3.63) is 29.8 Å². The van der Waals surface area contributed by atoms with E-state index in [1.54, 1.807) is 7.11 Å². The van der Waals surface area contributed by atoms with Crippen molar-refractivity contribution in [2.45, 2.75) is 56.5 Å². The van der Waals surface area contributed by atoms with Crippen molar-refractivity contribution in [2.75, 3.05) is 27.2 Å². The molecule has 0 spiro atoms. The first-order valence-corrected chi connectivity index (χ1v) is 8.83. The van der Waals surface area contributed by atoms with Gasteiger partial charge in [0.1, 0.15) is 5.75 Å². The molecule has 1 saturated heterocycles. The third-order valence-corrected chi connectivity index (χ3v) is 5.30. The molecule has 2 unspecified atom stereocenters. The van der Waals surface area contributed by atoms with Crippen LogP contribution in [0.2, 0.25) is 0 Å². The standard InChI is InChI=1S/C19H30N2O/c1-21-13-16(15-8-10-19(22-2)11-9-15)12-18(14-21)20-17-6-4-3-5-7-17/h8-11,16-18,20H,3-7,12-14H2,1-2H3. The minimum atomic E-state index is 0.630. The van der Waals surface area contributed by atoms with E-state index in [-0.39, 0.29) is 0 Å². The van der Waals surface area contributed by atoms with Gasteiger partial charge in [-0.25, -0.2) is 0 Å². The highest BCUT2D eigenvalue weighted by Gasteiger charge is 2.28. The molecule has 2 atom stereocenters. The Morgan fingerprint density at radius 3 is 2.41 bits per heavy atom. The Labute approximate surface area is 135 Å². The Kier molecular flexibility index (Phi) is 5.37. The van der Waals surface area contributed by atoms with E-state index in [2.05, 4.69) is 41.5 Å².